The average molecular weight is 909 g/mol. The maximum Gasteiger partial charge on any atom is 0.324 e. The van der Waals surface area contributed by atoms with E-state index in [2.05, 4.69) is 79.5 Å². The van der Waals surface area contributed by atoms with Crippen LogP contribution in [0.4, 0.5) is 4.79 Å². The molecule has 0 unspecified atom stereocenters. The van der Waals surface area contributed by atoms with Gasteiger partial charge in [-0.25, -0.2) is 15.2 Å². The number of benzene rings is 1. The lowest BCUT2D eigenvalue weighted by Gasteiger charge is -2.46. The second-order valence-corrected chi connectivity index (χ2v) is 20.5. The summed E-state index contributed by atoms with van der Waals surface area (Å²) in [5, 5.41) is 11.2. The zero-order valence-corrected chi connectivity index (χ0v) is 40.0. The van der Waals surface area contributed by atoms with E-state index in [4.69, 9.17) is 14.7 Å². The first-order valence-corrected chi connectivity index (χ1v) is 24.0. The number of aryl methyl sites for hydroxylation is 1. The van der Waals surface area contributed by atoms with Gasteiger partial charge < -0.3 is 34.6 Å². The Kier molecular flexibility index (Phi) is 13.1. The molecule has 0 spiro atoms. The van der Waals surface area contributed by atoms with Crippen molar-refractivity contribution in [2.75, 3.05) is 46.9 Å². The molecule has 6 bridgehead atoms. The summed E-state index contributed by atoms with van der Waals surface area (Å²) in [5.74, 6) is -1.43. The highest BCUT2D eigenvalue weighted by Crippen LogP contribution is 2.42. The molecule has 4 atom stereocenters. The summed E-state index contributed by atoms with van der Waals surface area (Å²) in [5.41, 5.74) is 9.80. The maximum absolute atomic E-state index is 14.6. The molecule has 16 nitrogen and oxygen atoms in total. The Hall–Kier alpha value is -5.39. The van der Waals surface area contributed by atoms with Gasteiger partial charge in [0.1, 0.15) is 18.1 Å². The molecule has 8 rings (SSSR count). The third-order valence-corrected chi connectivity index (χ3v) is 14.2. The van der Waals surface area contributed by atoms with Crippen molar-refractivity contribution < 1.29 is 28.7 Å². The number of ether oxygens (including phenoxy) is 1. The highest BCUT2D eigenvalue weighted by molar-refractivity contribution is 7.10. The van der Waals surface area contributed by atoms with Crippen LogP contribution in [0.5, 0.6) is 0 Å². The molecule has 0 radical (unpaired) electrons. The molecule has 3 fully saturated rings. The lowest BCUT2D eigenvalue weighted by Crippen LogP contribution is -2.66. The Morgan fingerprint density at radius 1 is 1.09 bits per heavy atom. The number of pyridine rings is 1. The number of likely N-dealkylation sites (tertiary alicyclic amines) is 1. The van der Waals surface area contributed by atoms with E-state index in [1.807, 2.05) is 31.5 Å². The lowest BCUT2D eigenvalue weighted by molar-refractivity contribution is -0.155. The predicted molar refractivity (Wildman–Crippen MR) is 250 cm³/mol. The molecule has 7 heterocycles. The number of rotatable bonds is 9. The molecule has 348 valence electrons. The molecule has 4 aromatic rings. The highest BCUT2D eigenvalue weighted by Gasteiger charge is 2.43. The van der Waals surface area contributed by atoms with Crippen LogP contribution in [0.25, 0.3) is 33.4 Å². The number of cyclic esters (lactones) is 1. The summed E-state index contributed by atoms with van der Waals surface area (Å²) in [6, 6.07) is 7.24. The van der Waals surface area contributed by atoms with Gasteiger partial charge in [0, 0.05) is 92.3 Å². The first kappa shape index (κ1) is 46.2. The van der Waals surface area contributed by atoms with Crippen molar-refractivity contribution in [3.63, 3.8) is 0 Å². The van der Waals surface area contributed by atoms with Crippen LogP contribution in [0.2, 0.25) is 0 Å². The standard InChI is InChI=1S/C48H64N10O6S/c1-10-57-38-16-15-29-19-32(38)33(42(57)31-13-11-17-49-40(31)27(2)3)21-48(6,7)26-64-46(62)34-14-12-18-58(53-34)45(61)35(20-39-51-37(29)25-65-39)52-43(59)41(28(4)5)55(9)47(63)56-23-30(24-56)54(8)44(60)36-22-50-36/h11,13,15-17,19,25,27-28,30,34-36,41,50,53H,10,12,14,18,20-24,26H2,1-9H3,(H,52,59)/t34-,35-,36+,41-/m0/s1. The van der Waals surface area contributed by atoms with E-state index in [-0.39, 0.29) is 48.9 Å². The Bertz CT molecular complexity index is 2470. The van der Waals surface area contributed by atoms with E-state index in [1.165, 1.54) is 21.2 Å². The number of hydrogen-bond donors (Lipinski definition) is 3. The molecule has 3 saturated heterocycles. The molecule has 3 N–H and O–H groups in total. The lowest BCUT2D eigenvalue weighted by atomic mass is 9.84. The zero-order valence-electron chi connectivity index (χ0n) is 39.1. The molecule has 65 heavy (non-hydrogen) atoms. The maximum atomic E-state index is 14.6. The molecule has 5 amide bonds. The average Bonchev–Trinajstić information content (AvgIpc) is 3.94. The van der Waals surface area contributed by atoms with E-state index in [1.54, 1.807) is 23.9 Å². The Morgan fingerprint density at radius 2 is 1.85 bits per heavy atom. The number of likely N-dealkylation sites (N-methyl/N-ethyl adjacent to an activating group) is 2. The molecule has 0 aliphatic carbocycles. The van der Waals surface area contributed by atoms with Crippen LogP contribution in [0.15, 0.2) is 41.9 Å². The van der Waals surface area contributed by atoms with Crippen molar-refractivity contribution in [3.05, 3.63) is 58.2 Å². The highest BCUT2D eigenvalue weighted by atomic mass is 32.1. The third kappa shape index (κ3) is 9.37. The van der Waals surface area contributed by atoms with Crippen molar-refractivity contribution in [3.8, 4) is 22.5 Å². The van der Waals surface area contributed by atoms with Crippen LogP contribution in [-0.4, -0.2) is 141 Å². The number of nitrogens with zero attached hydrogens (tertiary/aromatic N) is 7. The van der Waals surface area contributed by atoms with Gasteiger partial charge >= 0.3 is 12.0 Å². The quantitative estimate of drug-likeness (QED) is 0.156. The van der Waals surface area contributed by atoms with Crippen molar-refractivity contribution in [1.82, 2.24) is 50.3 Å². The van der Waals surface area contributed by atoms with Crippen molar-refractivity contribution in [1.29, 1.82) is 0 Å². The molecular formula is C48H64N10O6S. The van der Waals surface area contributed by atoms with Crippen LogP contribution >= 0.6 is 11.3 Å². The number of esters is 1. The fourth-order valence-electron chi connectivity index (χ4n) is 9.63. The molecular weight excluding hydrogens is 845 g/mol. The number of urea groups is 1. The van der Waals surface area contributed by atoms with Crippen molar-refractivity contribution >= 4 is 52.0 Å². The SMILES string of the molecule is CCn1c(-c2cccnc2C(C)C)c2c3cc(ccc31)-c1csc(n1)C[C@H](NC(=O)[C@H](C(C)C)N(C)C(=O)N1CC(N(C)C(=O)[C@H]3CN3)C1)C(=O)N1CCC[C@H](N1)C(=O)OCC(C)(C)C2. The normalized spacial score (nSPS) is 21.7. The van der Waals surface area contributed by atoms with Gasteiger partial charge in [-0.3, -0.25) is 29.2 Å². The number of fused-ring (bicyclic) bond motifs is 6. The minimum atomic E-state index is -1.07. The van der Waals surface area contributed by atoms with Crippen LogP contribution in [0.3, 0.4) is 0 Å². The largest absolute Gasteiger partial charge is 0.464 e. The Morgan fingerprint density at radius 3 is 2.54 bits per heavy atom. The molecule has 0 saturated carbocycles. The molecule has 17 heteroatoms. The summed E-state index contributed by atoms with van der Waals surface area (Å²) >= 11 is 1.42. The van der Waals surface area contributed by atoms with E-state index in [0.717, 1.165) is 51.2 Å². The van der Waals surface area contributed by atoms with E-state index >= 15 is 0 Å². The van der Waals surface area contributed by atoms with E-state index in [0.29, 0.717) is 50.4 Å². The van der Waals surface area contributed by atoms with Crippen LogP contribution < -0.4 is 16.1 Å². The van der Waals surface area contributed by atoms with Gasteiger partial charge in [-0.05, 0) is 67.9 Å². The second-order valence-electron chi connectivity index (χ2n) is 19.6. The van der Waals surface area contributed by atoms with Crippen molar-refractivity contribution in [2.24, 2.45) is 11.3 Å². The van der Waals surface area contributed by atoms with Gasteiger partial charge in [0.25, 0.3) is 5.91 Å². The number of carbonyl (C=O) groups is 5. The molecule has 4 aliphatic heterocycles. The summed E-state index contributed by atoms with van der Waals surface area (Å²) in [7, 11) is 3.36. The van der Waals surface area contributed by atoms with Gasteiger partial charge in [-0.15, -0.1) is 11.3 Å². The van der Waals surface area contributed by atoms with Crippen LogP contribution in [0.1, 0.15) is 83.5 Å². The smallest absolute Gasteiger partial charge is 0.324 e. The summed E-state index contributed by atoms with van der Waals surface area (Å²) < 4.78 is 8.47. The summed E-state index contributed by atoms with van der Waals surface area (Å²) in [6.07, 6.45) is 3.59. The Balaban J connectivity index is 1.12. The zero-order chi connectivity index (χ0) is 46.5. The minimum Gasteiger partial charge on any atom is -0.464 e. The monoisotopic (exact) mass is 908 g/mol. The van der Waals surface area contributed by atoms with Gasteiger partial charge in [0.15, 0.2) is 0 Å². The summed E-state index contributed by atoms with van der Waals surface area (Å²) in [6.45, 7) is 17.0. The fourth-order valence-corrected chi connectivity index (χ4v) is 10.5. The molecule has 3 aromatic heterocycles. The minimum absolute atomic E-state index is 0.0138. The second kappa shape index (κ2) is 18.5. The number of aromatic nitrogens is 3. The third-order valence-electron chi connectivity index (χ3n) is 13.3. The van der Waals surface area contributed by atoms with E-state index < -0.39 is 41.3 Å². The topological polar surface area (TPSA) is 184 Å². The Labute approximate surface area is 385 Å². The van der Waals surface area contributed by atoms with Gasteiger partial charge in [0.05, 0.1) is 40.8 Å². The number of carbonyl (C=O) groups excluding carboxylic acids is 5. The number of amides is 5. The first-order chi connectivity index (χ1) is 31.0. The number of hydrazine groups is 1. The van der Waals surface area contributed by atoms with Gasteiger partial charge in [-0.2, -0.15) is 0 Å². The van der Waals surface area contributed by atoms with Crippen molar-refractivity contribution in [2.45, 2.75) is 117 Å². The number of nitrogens with one attached hydrogen (secondary N) is 3. The fraction of sp³-hybridized carbons (Fsp3) is 0.562. The number of hydrogen-bond acceptors (Lipinski definition) is 11. The van der Waals surface area contributed by atoms with Crippen LogP contribution in [0, 0.1) is 11.3 Å². The van der Waals surface area contributed by atoms with Gasteiger partial charge in [0.2, 0.25) is 11.8 Å². The first-order valence-electron chi connectivity index (χ1n) is 23.1. The van der Waals surface area contributed by atoms with Gasteiger partial charge in [-0.1, -0.05) is 47.6 Å². The van der Waals surface area contributed by atoms with E-state index in [9.17, 15) is 24.0 Å². The predicted octanol–water partition coefficient (Wildman–Crippen LogP) is 4.81. The summed E-state index contributed by atoms with van der Waals surface area (Å²) in [4.78, 5) is 84.0. The molecule has 1 aromatic carbocycles. The van der Waals surface area contributed by atoms with Crippen LogP contribution in [-0.2, 0) is 43.3 Å². The molecule has 4 aliphatic rings. The number of thiazole rings is 1.